The van der Waals surface area contributed by atoms with Crippen LogP contribution < -0.4 is 19.5 Å². The molecular weight excluding hydrogens is 414 g/mol. The standard InChI is InChI=1S/C20H20BrNO5/c21-13-3-1-12(2-4-13)16-8-17(16)20(24)22-9-14(23)10-25-15-5-6-18-19(7-15)27-11-26-18/h1-7,14,16-17,23H,8-11H2,(H,22,24). The highest BCUT2D eigenvalue weighted by Crippen LogP contribution is 2.47. The third-order valence-corrected chi connectivity index (χ3v) is 5.25. The molecule has 0 bridgehead atoms. The summed E-state index contributed by atoms with van der Waals surface area (Å²) in [4.78, 5) is 12.3. The largest absolute Gasteiger partial charge is 0.491 e. The highest BCUT2D eigenvalue weighted by molar-refractivity contribution is 9.10. The highest BCUT2D eigenvalue weighted by atomic mass is 79.9. The average molecular weight is 434 g/mol. The van der Waals surface area contributed by atoms with Crippen LogP contribution in [0.5, 0.6) is 17.2 Å². The molecule has 1 saturated carbocycles. The number of aliphatic hydroxyl groups is 1. The number of nitrogens with one attached hydrogen (secondary N) is 1. The fraction of sp³-hybridized carbons (Fsp3) is 0.350. The van der Waals surface area contributed by atoms with Crippen molar-refractivity contribution in [3.63, 3.8) is 0 Å². The molecule has 4 rings (SSSR count). The van der Waals surface area contributed by atoms with Gasteiger partial charge in [0, 0.05) is 23.0 Å². The fourth-order valence-corrected chi connectivity index (χ4v) is 3.39. The van der Waals surface area contributed by atoms with E-state index in [9.17, 15) is 9.90 Å². The normalized spacial score (nSPS) is 20.8. The Morgan fingerprint density at radius 3 is 2.81 bits per heavy atom. The number of rotatable bonds is 7. The Kier molecular flexibility index (Phi) is 5.22. The van der Waals surface area contributed by atoms with Crippen molar-refractivity contribution in [3.05, 3.63) is 52.5 Å². The van der Waals surface area contributed by atoms with E-state index >= 15 is 0 Å². The lowest BCUT2D eigenvalue weighted by atomic mass is 10.1. The molecule has 0 aromatic heterocycles. The Labute approximate surface area is 165 Å². The van der Waals surface area contributed by atoms with Gasteiger partial charge >= 0.3 is 0 Å². The smallest absolute Gasteiger partial charge is 0.231 e. The molecule has 3 atom stereocenters. The van der Waals surface area contributed by atoms with Crippen molar-refractivity contribution in [3.8, 4) is 17.2 Å². The molecule has 1 fully saturated rings. The third kappa shape index (κ3) is 4.36. The molecule has 2 aromatic carbocycles. The molecule has 3 unspecified atom stereocenters. The highest BCUT2D eigenvalue weighted by Gasteiger charge is 2.43. The second-order valence-electron chi connectivity index (χ2n) is 6.73. The zero-order valence-electron chi connectivity index (χ0n) is 14.6. The number of hydrogen-bond donors (Lipinski definition) is 2. The minimum Gasteiger partial charge on any atom is -0.491 e. The van der Waals surface area contributed by atoms with Gasteiger partial charge in [-0.15, -0.1) is 0 Å². The molecule has 27 heavy (non-hydrogen) atoms. The summed E-state index contributed by atoms with van der Waals surface area (Å²) < 4.78 is 17.1. The van der Waals surface area contributed by atoms with Gasteiger partial charge in [-0.3, -0.25) is 4.79 Å². The molecule has 2 aliphatic rings. The van der Waals surface area contributed by atoms with E-state index in [1.807, 2.05) is 24.3 Å². The first-order valence-electron chi connectivity index (χ1n) is 8.84. The maximum atomic E-state index is 12.3. The van der Waals surface area contributed by atoms with Crippen LogP contribution in [0.4, 0.5) is 0 Å². The lowest BCUT2D eigenvalue weighted by Crippen LogP contribution is -2.36. The molecule has 1 heterocycles. The summed E-state index contributed by atoms with van der Waals surface area (Å²) in [7, 11) is 0. The number of hydrogen-bond acceptors (Lipinski definition) is 5. The first-order chi connectivity index (χ1) is 13.1. The van der Waals surface area contributed by atoms with Crippen molar-refractivity contribution in [2.24, 2.45) is 5.92 Å². The molecule has 1 aliphatic heterocycles. The number of halogens is 1. The second-order valence-corrected chi connectivity index (χ2v) is 7.64. The van der Waals surface area contributed by atoms with Gasteiger partial charge in [-0.05, 0) is 42.2 Å². The molecule has 6 nitrogen and oxygen atoms in total. The molecule has 1 amide bonds. The van der Waals surface area contributed by atoms with Crippen LogP contribution in [-0.2, 0) is 4.79 Å². The summed E-state index contributed by atoms with van der Waals surface area (Å²) in [5, 5.41) is 12.9. The van der Waals surface area contributed by atoms with Crippen LogP contribution in [0.3, 0.4) is 0 Å². The van der Waals surface area contributed by atoms with Gasteiger partial charge in [0.2, 0.25) is 12.7 Å². The van der Waals surface area contributed by atoms with Crippen molar-refractivity contribution in [2.45, 2.75) is 18.4 Å². The molecule has 0 saturated heterocycles. The fourth-order valence-electron chi connectivity index (χ4n) is 3.13. The molecule has 142 valence electrons. The van der Waals surface area contributed by atoms with E-state index in [0.29, 0.717) is 17.2 Å². The zero-order chi connectivity index (χ0) is 18.8. The van der Waals surface area contributed by atoms with Crippen LogP contribution in [0.2, 0.25) is 0 Å². The predicted molar refractivity (Wildman–Crippen MR) is 102 cm³/mol. The molecular formula is C20H20BrNO5. The minimum atomic E-state index is -0.788. The average Bonchev–Trinajstić information content (AvgIpc) is 3.34. The number of carbonyl (C=O) groups excluding carboxylic acids is 1. The molecule has 7 heteroatoms. The molecule has 1 aliphatic carbocycles. The second kappa shape index (κ2) is 7.78. The molecule has 2 N–H and O–H groups in total. The van der Waals surface area contributed by atoms with Gasteiger partial charge in [0.15, 0.2) is 11.5 Å². The van der Waals surface area contributed by atoms with Gasteiger partial charge in [0.05, 0.1) is 0 Å². The van der Waals surface area contributed by atoms with Gasteiger partial charge in [-0.25, -0.2) is 0 Å². The predicted octanol–water partition coefficient (Wildman–Crippen LogP) is 2.84. The third-order valence-electron chi connectivity index (χ3n) is 4.72. The van der Waals surface area contributed by atoms with Crippen molar-refractivity contribution >= 4 is 21.8 Å². The van der Waals surface area contributed by atoms with Gasteiger partial charge in [-0.2, -0.15) is 0 Å². The quantitative estimate of drug-likeness (QED) is 0.701. The monoisotopic (exact) mass is 433 g/mol. The van der Waals surface area contributed by atoms with Crippen LogP contribution in [0.15, 0.2) is 46.9 Å². The van der Waals surface area contributed by atoms with E-state index in [4.69, 9.17) is 14.2 Å². The van der Waals surface area contributed by atoms with E-state index < -0.39 is 6.10 Å². The molecule has 0 spiro atoms. The van der Waals surface area contributed by atoms with Crippen molar-refractivity contribution in [1.29, 1.82) is 0 Å². The molecule has 2 aromatic rings. The van der Waals surface area contributed by atoms with Gasteiger partial charge in [-0.1, -0.05) is 28.1 Å². The first-order valence-corrected chi connectivity index (χ1v) is 9.63. The summed E-state index contributed by atoms with van der Waals surface area (Å²) in [5.74, 6) is 2.11. The number of ether oxygens (including phenoxy) is 3. The summed E-state index contributed by atoms with van der Waals surface area (Å²) in [6.45, 7) is 0.448. The maximum absolute atomic E-state index is 12.3. The van der Waals surface area contributed by atoms with Crippen molar-refractivity contribution < 1.29 is 24.1 Å². The number of benzene rings is 2. The van der Waals surface area contributed by atoms with Crippen LogP contribution in [-0.4, -0.2) is 37.1 Å². The van der Waals surface area contributed by atoms with E-state index in [2.05, 4.69) is 21.2 Å². The lowest BCUT2D eigenvalue weighted by Gasteiger charge is -2.13. The van der Waals surface area contributed by atoms with Crippen LogP contribution in [0.1, 0.15) is 17.9 Å². The SMILES string of the molecule is O=C(NCC(O)COc1ccc2c(c1)OCO2)C1CC1c1ccc(Br)cc1. The van der Waals surface area contributed by atoms with Gasteiger partial charge < -0.3 is 24.6 Å². The number of aliphatic hydroxyl groups excluding tert-OH is 1. The minimum absolute atomic E-state index is 0.0202. The van der Waals surface area contributed by atoms with Crippen molar-refractivity contribution in [1.82, 2.24) is 5.32 Å². The summed E-state index contributed by atoms with van der Waals surface area (Å²) in [5.41, 5.74) is 1.17. The van der Waals surface area contributed by atoms with E-state index in [1.54, 1.807) is 18.2 Å². The number of carbonyl (C=O) groups is 1. The zero-order valence-corrected chi connectivity index (χ0v) is 16.1. The topological polar surface area (TPSA) is 77.0 Å². The Balaban J connectivity index is 1.20. The summed E-state index contributed by atoms with van der Waals surface area (Å²) >= 11 is 3.41. The summed E-state index contributed by atoms with van der Waals surface area (Å²) in [6.07, 6.45) is 0.0568. The number of fused-ring (bicyclic) bond motifs is 1. The Morgan fingerprint density at radius 1 is 1.22 bits per heavy atom. The summed E-state index contributed by atoms with van der Waals surface area (Å²) in [6, 6.07) is 13.3. The van der Waals surface area contributed by atoms with Crippen LogP contribution in [0.25, 0.3) is 0 Å². The van der Waals surface area contributed by atoms with E-state index in [1.165, 1.54) is 5.56 Å². The lowest BCUT2D eigenvalue weighted by molar-refractivity contribution is -0.122. The van der Waals surface area contributed by atoms with Gasteiger partial charge in [0.25, 0.3) is 0 Å². The van der Waals surface area contributed by atoms with Crippen molar-refractivity contribution in [2.75, 3.05) is 19.9 Å². The van der Waals surface area contributed by atoms with E-state index in [-0.39, 0.29) is 37.7 Å². The van der Waals surface area contributed by atoms with Gasteiger partial charge in [0.1, 0.15) is 18.5 Å². The first kappa shape index (κ1) is 18.1. The Morgan fingerprint density at radius 2 is 2.00 bits per heavy atom. The van der Waals surface area contributed by atoms with Crippen LogP contribution in [0, 0.1) is 5.92 Å². The van der Waals surface area contributed by atoms with E-state index in [0.717, 1.165) is 10.9 Å². The van der Waals surface area contributed by atoms with Crippen LogP contribution >= 0.6 is 15.9 Å². The Bertz CT molecular complexity index is 826. The number of amides is 1. The Hall–Kier alpha value is -2.25. The molecule has 0 radical (unpaired) electrons. The maximum Gasteiger partial charge on any atom is 0.231 e.